The summed E-state index contributed by atoms with van der Waals surface area (Å²) in [5.74, 6) is 0. The van der Waals surface area contributed by atoms with Gasteiger partial charge in [-0.25, -0.2) is 4.79 Å². The van der Waals surface area contributed by atoms with Crippen LogP contribution < -0.4 is 4.90 Å². The minimum absolute atomic E-state index is 0.323. The van der Waals surface area contributed by atoms with Crippen molar-refractivity contribution in [1.29, 1.82) is 0 Å². The van der Waals surface area contributed by atoms with Gasteiger partial charge in [0, 0.05) is 12.2 Å². The van der Waals surface area contributed by atoms with E-state index >= 15 is 0 Å². The highest BCUT2D eigenvalue weighted by atomic mass is 16.5. The molecule has 0 radical (unpaired) electrons. The van der Waals surface area contributed by atoms with Gasteiger partial charge in [-0.2, -0.15) is 0 Å². The van der Waals surface area contributed by atoms with Crippen LogP contribution >= 0.6 is 0 Å². The van der Waals surface area contributed by atoms with Gasteiger partial charge < -0.3 is 4.74 Å². The molecule has 0 spiro atoms. The minimum atomic E-state index is -0.323. The average molecular weight is 263 g/mol. The van der Waals surface area contributed by atoms with Crippen molar-refractivity contribution in [3.05, 3.63) is 29.8 Å². The topological polar surface area (TPSA) is 29.5 Å². The quantitative estimate of drug-likeness (QED) is 0.784. The Morgan fingerprint density at radius 1 is 1.11 bits per heavy atom. The number of carbonyl (C=O) groups excluding carboxylic acids is 1. The van der Waals surface area contributed by atoms with E-state index in [4.69, 9.17) is 0 Å². The molecule has 1 aromatic rings. The number of hydrogen-bond donors (Lipinski definition) is 0. The highest BCUT2D eigenvalue weighted by molar-refractivity contribution is 5.87. The zero-order valence-corrected chi connectivity index (χ0v) is 12.3. The number of amides is 1. The highest BCUT2D eigenvalue weighted by Gasteiger charge is 2.12. The Balaban J connectivity index is 0.000000300. The van der Waals surface area contributed by atoms with E-state index in [1.165, 1.54) is 44.8 Å². The number of carbonyl (C=O) groups is 1. The molecule has 1 aliphatic carbocycles. The molecule has 19 heavy (non-hydrogen) atoms. The lowest BCUT2D eigenvalue weighted by Gasteiger charge is -2.19. The van der Waals surface area contributed by atoms with Gasteiger partial charge in [0.1, 0.15) is 0 Å². The van der Waals surface area contributed by atoms with Gasteiger partial charge >= 0.3 is 6.09 Å². The summed E-state index contributed by atoms with van der Waals surface area (Å²) in [6.07, 6.45) is 7.18. The zero-order valence-electron chi connectivity index (χ0n) is 12.3. The van der Waals surface area contributed by atoms with Gasteiger partial charge in [0.2, 0.25) is 0 Å². The number of benzene rings is 1. The maximum absolute atomic E-state index is 11.3. The first-order chi connectivity index (χ1) is 9.19. The second-order valence-electron chi connectivity index (χ2n) is 4.82. The number of hydrogen-bond acceptors (Lipinski definition) is 2. The Morgan fingerprint density at radius 3 is 1.95 bits per heavy atom. The molecule has 0 bridgehead atoms. The highest BCUT2D eigenvalue weighted by Crippen LogP contribution is 2.16. The lowest BCUT2D eigenvalue weighted by Crippen LogP contribution is -2.30. The fourth-order valence-corrected chi connectivity index (χ4v) is 2.14. The van der Waals surface area contributed by atoms with Gasteiger partial charge in [0.05, 0.1) is 7.11 Å². The zero-order chi connectivity index (χ0) is 14.1. The summed E-state index contributed by atoms with van der Waals surface area (Å²) in [5.41, 5.74) is 2.04. The van der Waals surface area contributed by atoms with Crippen molar-refractivity contribution >= 4 is 11.8 Å². The Morgan fingerprint density at radius 2 is 1.58 bits per heavy atom. The van der Waals surface area contributed by atoms with Gasteiger partial charge in [0.25, 0.3) is 0 Å². The fraction of sp³-hybridized carbons (Fsp3) is 0.562. The van der Waals surface area contributed by atoms with Crippen LogP contribution in [0.3, 0.4) is 0 Å². The summed E-state index contributed by atoms with van der Waals surface area (Å²) >= 11 is 0. The third-order valence-electron chi connectivity index (χ3n) is 3.31. The molecule has 1 amide bonds. The predicted octanol–water partition coefficient (Wildman–Crippen LogP) is 4.54. The molecule has 3 heteroatoms. The van der Waals surface area contributed by atoms with Crippen molar-refractivity contribution in [2.45, 2.75) is 46.0 Å². The first-order valence-corrected chi connectivity index (χ1v) is 7.11. The van der Waals surface area contributed by atoms with Gasteiger partial charge in [-0.05, 0) is 26.0 Å². The number of anilines is 1. The molecular formula is C16H25NO2. The number of nitrogens with zero attached hydrogens (tertiary/aromatic N) is 1. The van der Waals surface area contributed by atoms with Crippen LogP contribution in [0, 0.1) is 6.92 Å². The molecule has 1 aliphatic rings. The molecule has 0 aliphatic heterocycles. The normalized spacial score (nSPS) is 13.4. The molecule has 1 fully saturated rings. The summed E-state index contributed by atoms with van der Waals surface area (Å²) in [6.45, 7) is 4.53. The summed E-state index contributed by atoms with van der Waals surface area (Å²) in [6, 6.07) is 7.77. The molecule has 2 rings (SSSR count). The second kappa shape index (κ2) is 8.57. The summed E-state index contributed by atoms with van der Waals surface area (Å²) < 4.78 is 4.67. The monoisotopic (exact) mass is 263 g/mol. The summed E-state index contributed by atoms with van der Waals surface area (Å²) in [7, 11) is 1.39. The van der Waals surface area contributed by atoms with Gasteiger partial charge in [-0.3, -0.25) is 4.90 Å². The van der Waals surface area contributed by atoms with E-state index in [2.05, 4.69) is 4.74 Å². The predicted molar refractivity (Wildman–Crippen MR) is 79.7 cm³/mol. The SMILES string of the molecule is C1CCCC1.CCN(C(=O)OC)c1ccc(C)cc1. The van der Waals surface area contributed by atoms with Crippen molar-refractivity contribution in [3.63, 3.8) is 0 Å². The maximum atomic E-state index is 11.3. The third-order valence-corrected chi connectivity index (χ3v) is 3.31. The Hall–Kier alpha value is -1.51. The van der Waals surface area contributed by atoms with Crippen LogP contribution in [-0.2, 0) is 4.74 Å². The molecule has 0 N–H and O–H groups in total. The molecule has 0 heterocycles. The molecule has 3 nitrogen and oxygen atoms in total. The molecule has 106 valence electrons. The molecular weight excluding hydrogens is 238 g/mol. The summed E-state index contributed by atoms with van der Waals surface area (Å²) in [5, 5.41) is 0. The molecule has 1 aromatic carbocycles. The van der Waals surface area contributed by atoms with Crippen LogP contribution in [0.1, 0.15) is 44.6 Å². The molecule has 0 unspecified atom stereocenters. The Bertz CT molecular complexity index is 361. The smallest absolute Gasteiger partial charge is 0.413 e. The first-order valence-electron chi connectivity index (χ1n) is 7.11. The van der Waals surface area contributed by atoms with E-state index in [1.807, 2.05) is 38.1 Å². The van der Waals surface area contributed by atoms with Crippen molar-refractivity contribution in [2.24, 2.45) is 0 Å². The van der Waals surface area contributed by atoms with E-state index in [-0.39, 0.29) is 6.09 Å². The van der Waals surface area contributed by atoms with Crippen LogP contribution in [0.25, 0.3) is 0 Å². The molecule has 1 saturated carbocycles. The van der Waals surface area contributed by atoms with Crippen LogP contribution in [0.4, 0.5) is 10.5 Å². The second-order valence-corrected chi connectivity index (χ2v) is 4.82. The standard InChI is InChI=1S/C11H15NO2.C5H10/c1-4-12(11(13)14-3)10-7-5-9(2)6-8-10;1-2-4-5-3-1/h5-8H,4H2,1-3H3;1-5H2. The molecule has 0 saturated heterocycles. The number of methoxy groups -OCH3 is 1. The first kappa shape index (κ1) is 15.5. The van der Waals surface area contributed by atoms with Crippen molar-refractivity contribution in [2.75, 3.05) is 18.6 Å². The van der Waals surface area contributed by atoms with E-state index in [9.17, 15) is 4.79 Å². The summed E-state index contributed by atoms with van der Waals surface area (Å²) in [4.78, 5) is 12.9. The number of rotatable bonds is 2. The van der Waals surface area contributed by atoms with Crippen LogP contribution in [0.2, 0.25) is 0 Å². The maximum Gasteiger partial charge on any atom is 0.413 e. The van der Waals surface area contributed by atoms with Crippen molar-refractivity contribution in [3.8, 4) is 0 Å². The lowest BCUT2D eigenvalue weighted by atomic mass is 10.2. The van der Waals surface area contributed by atoms with Crippen LogP contribution in [0.5, 0.6) is 0 Å². The number of ether oxygens (including phenoxy) is 1. The van der Waals surface area contributed by atoms with Crippen LogP contribution in [0.15, 0.2) is 24.3 Å². The fourth-order valence-electron chi connectivity index (χ4n) is 2.14. The van der Waals surface area contributed by atoms with E-state index in [0.29, 0.717) is 6.54 Å². The van der Waals surface area contributed by atoms with Crippen molar-refractivity contribution < 1.29 is 9.53 Å². The Labute approximate surface area is 116 Å². The Kier molecular flexibility index (Phi) is 7.01. The lowest BCUT2D eigenvalue weighted by molar-refractivity contribution is 0.179. The van der Waals surface area contributed by atoms with Gasteiger partial charge in [-0.15, -0.1) is 0 Å². The van der Waals surface area contributed by atoms with E-state index in [1.54, 1.807) is 4.90 Å². The van der Waals surface area contributed by atoms with E-state index in [0.717, 1.165) is 5.69 Å². The average Bonchev–Trinajstić information content (AvgIpc) is 3.00. The largest absolute Gasteiger partial charge is 0.452 e. The molecule has 0 aromatic heterocycles. The third kappa shape index (κ3) is 5.33. The van der Waals surface area contributed by atoms with Crippen LogP contribution in [-0.4, -0.2) is 19.7 Å². The van der Waals surface area contributed by atoms with Gasteiger partial charge in [0.15, 0.2) is 0 Å². The van der Waals surface area contributed by atoms with Crippen molar-refractivity contribution in [1.82, 2.24) is 0 Å². The minimum Gasteiger partial charge on any atom is -0.452 e. The number of aryl methyl sites for hydroxylation is 1. The van der Waals surface area contributed by atoms with E-state index < -0.39 is 0 Å². The van der Waals surface area contributed by atoms with Gasteiger partial charge in [-0.1, -0.05) is 49.8 Å². The molecule has 0 atom stereocenters.